The van der Waals surface area contributed by atoms with Gasteiger partial charge < -0.3 is 10.5 Å². The van der Waals surface area contributed by atoms with E-state index in [4.69, 9.17) is 10.5 Å². The summed E-state index contributed by atoms with van der Waals surface area (Å²) in [5.41, 5.74) is 6.27. The van der Waals surface area contributed by atoms with E-state index in [9.17, 15) is 10.1 Å². The molecular formula is C11H15BrN2O3. The van der Waals surface area contributed by atoms with E-state index in [2.05, 4.69) is 15.9 Å². The summed E-state index contributed by atoms with van der Waals surface area (Å²) in [7, 11) is 0. The zero-order chi connectivity index (χ0) is 12.8. The average Bonchev–Trinajstić information content (AvgIpc) is 2.29. The Bertz CT molecular complexity index is 410. The lowest BCUT2D eigenvalue weighted by molar-refractivity contribution is -0.385. The molecule has 1 aromatic carbocycles. The molecule has 0 saturated carbocycles. The maximum absolute atomic E-state index is 10.9. The molecule has 0 bridgehead atoms. The van der Waals surface area contributed by atoms with Crippen LogP contribution < -0.4 is 10.5 Å². The average molecular weight is 303 g/mol. The van der Waals surface area contributed by atoms with E-state index in [1.54, 1.807) is 6.07 Å². The Morgan fingerprint density at radius 2 is 2.24 bits per heavy atom. The molecule has 17 heavy (non-hydrogen) atoms. The summed E-state index contributed by atoms with van der Waals surface area (Å²) in [6, 6.07) is 3.15. The van der Waals surface area contributed by atoms with Crippen molar-refractivity contribution in [2.24, 2.45) is 5.73 Å². The fourth-order valence-corrected chi connectivity index (χ4v) is 1.92. The first kappa shape index (κ1) is 13.9. The molecule has 2 N–H and O–H groups in total. The van der Waals surface area contributed by atoms with Crippen LogP contribution >= 0.6 is 15.9 Å². The summed E-state index contributed by atoms with van der Waals surface area (Å²) in [6.45, 7) is 2.86. The molecule has 1 aromatic rings. The third-order valence-electron chi connectivity index (χ3n) is 2.20. The van der Waals surface area contributed by atoms with Crippen LogP contribution in [-0.4, -0.2) is 18.1 Å². The SMILES string of the molecule is CCCOc1cc(Br)c(CCN)cc1[N+](=O)[O-]. The third kappa shape index (κ3) is 3.67. The number of hydrogen-bond acceptors (Lipinski definition) is 4. The lowest BCUT2D eigenvalue weighted by Crippen LogP contribution is -2.05. The maximum Gasteiger partial charge on any atom is 0.311 e. The van der Waals surface area contributed by atoms with E-state index in [0.717, 1.165) is 16.5 Å². The molecule has 0 aliphatic heterocycles. The van der Waals surface area contributed by atoms with Crippen LogP contribution in [0.4, 0.5) is 5.69 Å². The number of nitro benzene ring substituents is 1. The fraction of sp³-hybridized carbons (Fsp3) is 0.455. The first-order chi connectivity index (χ1) is 8.10. The van der Waals surface area contributed by atoms with Crippen LogP contribution in [0.5, 0.6) is 5.75 Å². The van der Waals surface area contributed by atoms with Gasteiger partial charge in [0.2, 0.25) is 0 Å². The van der Waals surface area contributed by atoms with E-state index in [0.29, 0.717) is 25.3 Å². The van der Waals surface area contributed by atoms with Crippen LogP contribution in [0.15, 0.2) is 16.6 Å². The molecule has 0 heterocycles. The minimum absolute atomic E-state index is 0.00917. The molecule has 6 heteroatoms. The van der Waals surface area contributed by atoms with Gasteiger partial charge in [-0.25, -0.2) is 0 Å². The van der Waals surface area contributed by atoms with Crippen LogP contribution in [0.1, 0.15) is 18.9 Å². The highest BCUT2D eigenvalue weighted by atomic mass is 79.9. The molecule has 5 nitrogen and oxygen atoms in total. The zero-order valence-electron chi connectivity index (χ0n) is 9.61. The second kappa shape index (κ2) is 6.56. The van der Waals surface area contributed by atoms with Crippen molar-refractivity contribution in [3.63, 3.8) is 0 Å². The smallest absolute Gasteiger partial charge is 0.311 e. The molecule has 0 aromatic heterocycles. The first-order valence-electron chi connectivity index (χ1n) is 5.39. The zero-order valence-corrected chi connectivity index (χ0v) is 11.2. The third-order valence-corrected chi connectivity index (χ3v) is 2.94. The van der Waals surface area contributed by atoms with Crippen LogP contribution in [0.25, 0.3) is 0 Å². The largest absolute Gasteiger partial charge is 0.487 e. The van der Waals surface area contributed by atoms with Gasteiger partial charge in [0.15, 0.2) is 5.75 Å². The van der Waals surface area contributed by atoms with Crippen molar-refractivity contribution in [1.29, 1.82) is 0 Å². The number of hydrogen-bond donors (Lipinski definition) is 1. The molecule has 0 unspecified atom stereocenters. The normalized spacial score (nSPS) is 10.3. The standard InChI is InChI=1S/C11H15BrN2O3/c1-2-5-17-11-7-9(12)8(3-4-13)6-10(11)14(15)16/h6-7H,2-5,13H2,1H3. The Hall–Kier alpha value is -1.14. The van der Waals surface area contributed by atoms with Crippen molar-refractivity contribution in [1.82, 2.24) is 0 Å². The molecule has 0 radical (unpaired) electrons. The summed E-state index contributed by atoms with van der Waals surface area (Å²) in [4.78, 5) is 10.5. The van der Waals surface area contributed by atoms with Gasteiger partial charge in [0, 0.05) is 16.6 Å². The van der Waals surface area contributed by atoms with Crippen LogP contribution in [0.3, 0.4) is 0 Å². The van der Waals surface area contributed by atoms with Gasteiger partial charge in [0.25, 0.3) is 0 Å². The summed E-state index contributed by atoms with van der Waals surface area (Å²) in [5.74, 6) is 0.296. The predicted octanol–water partition coefficient (Wildman–Crippen LogP) is 2.65. The lowest BCUT2D eigenvalue weighted by Gasteiger charge is -2.09. The van der Waals surface area contributed by atoms with Crippen LogP contribution in [-0.2, 0) is 6.42 Å². The quantitative estimate of drug-likeness (QED) is 0.647. The molecule has 0 spiro atoms. The molecule has 0 aliphatic rings. The summed E-state index contributed by atoms with van der Waals surface area (Å²) in [6.07, 6.45) is 1.40. The molecule has 0 saturated heterocycles. The minimum Gasteiger partial charge on any atom is -0.487 e. The molecule has 0 fully saturated rings. The van der Waals surface area contributed by atoms with Gasteiger partial charge >= 0.3 is 5.69 Å². The number of nitro groups is 1. The first-order valence-corrected chi connectivity index (χ1v) is 6.19. The van der Waals surface area contributed by atoms with Gasteiger partial charge in [-0.15, -0.1) is 0 Å². The maximum atomic E-state index is 10.9. The van der Waals surface area contributed by atoms with E-state index in [1.807, 2.05) is 6.92 Å². The number of halogens is 1. The van der Waals surface area contributed by atoms with E-state index < -0.39 is 4.92 Å². The van der Waals surface area contributed by atoms with Crippen LogP contribution in [0.2, 0.25) is 0 Å². The predicted molar refractivity (Wildman–Crippen MR) is 69.3 cm³/mol. The van der Waals surface area contributed by atoms with Crippen molar-refractivity contribution < 1.29 is 9.66 Å². The highest BCUT2D eigenvalue weighted by Gasteiger charge is 2.18. The van der Waals surface area contributed by atoms with Gasteiger partial charge in [-0.2, -0.15) is 0 Å². The molecular weight excluding hydrogens is 288 g/mol. The summed E-state index contributed by atoms with van der Waals surface area (Å²) >= 11 is 3.37. The Labute approximate surface area is 108 Å². The second-order valence-corrected chi connectivity index (χ2v) is 4.41. The van der Waals surface area contributed by atoms with Gasteiger partial charge in [0.1, 0.15) is 0 Å². The van der Waals surface area contributed by atoms with Crippen molar-refractivity contribution in [3.05, 3.63) is 32.3 Å². The Balaban J connectivity index is 3.11. The summed E-state index contributed by atoms with van der Waals surface area (Å²) < 4.78 is 6.15. The topological polar surface area (TPSA) is 78.4 Å². The fourth-order valence-electron chi connectivity index (χ4n) is 1.40. The minimum atomic E-state index is -0.433. The number of nitrogens with zero attached hydrogens (tertiary/aromatic N) is 1. The van der Waals surface area contributed by atoms with Gasteiger partial charge in [-0.3, -0.25) is 10.1 Å². The van der Waals surface area contributed by atoms with Crippen molar-refractivity contribution in [2.75, 3.05) is 13.2 Å². The molecule has 0 amide bonds. The summed E-state index contributed by atoms with van der Waals surface area (Å²) in [5, 5.41) is 10.9. The van der Waals surface area contributed by atoms with Crippen molar-refractivity contribution >= 4 is 21.6 Å². The van der Waals surface area contributed by atoms with E-state index in [-0.39, 0.29) is 5.69 Å². The highest BCUT2D eigenvalue weighted by Crippen LogP contribution is 2.33. The van der Waals surface area contributed by atoms with E-state index in [1.165, 1.54) is 6.07 Å². The van der Waals surface area contributed by atoms with Crippen LogP contribution in [0, 0.1) is 10.1 Å². The highest BCUT2D eigenvalue weighted by molar-refractivity contribution is 9.10. The van der Waals surface area contributed by atoms with Gasteiger partial charge in [-0.05, 0) is 24.9 Å². The number of ether oxygens (including phenoxy) is 1. The Morgan fingerprint density at radius 3 is 2.76 bits per heavy atom. The Morgan fingerprint density at radius 1 is 1.53 bits per heavy atom. The molecule has 1 rings (SSSR count). The number of rotatable bonds is 6. The van der Waals surface area contributed by atoms with Crippen molar-refractivity contribution in [2.45, 2.75) is 19.8 Å². The second-order valence-electron chi connectivity index (χ2n) is 3.56. The molecule has 0 atom stereocenters. The van der Waals surface area contributed by atoms with Gasteiger partial charge in [0.05, 0.1) is 11.5 Å². The van der Waals surface area contributed by atoms with Crippen molar-refractivity contribution in [3.8, 4) is 5.75 Å². The molecule has 94 valence electrons. The Kier molecular flexibility index (Phi) is 5.37. The number of nitrogens with two attached hydrogens (primary N) is 1. The monoisotopic (exact) mass is 302 g/mol. The van der Waals surface area contributed by atoms with E-state index >= 15 is 0 Å². The number of benzene rings is 1. The molecule has 0 aliphatic carbocycles. The van der Waals surface area contributed by atoms with Gasteiger partial charge in [-0.1, -0.05) is 22.9 Å². The lowest BCUT2D eigenvalue weighted by atomic mass is 10.1.